The topological polar surface area (TPSA) is 113 Å². The molecule has 0 rings (SSSR count). The third kappa shape index (κ3) is 23.9. The summed E-state index contributed by atoms with van der Waals surface area (Å²) in [5.41, 5.74) is 0. The summed E-state index contributed by atoms with van der Waals surface area (Å²) in [5, 5.41) is 12.4. The zero-order valence-corrected chi connectivity index (χ0v) is 16.9. The van der Waals surface area contributed by atoms with Gasteiger partial charge in [0, 0.05) is 0 Å². The van der Waals surface area contributed by atoms with E-state index in [1.54, 1.807) is 0 Å². The summed E-state index contributed by atoms with van der Waals surface area (Å²) in [6.45, 7) is 4.32. The number of phosphoric ester groups is 1. The summed E-state index contributed by atoms with van der Waals surface area (Å²) in [4.78, 5) is 25.8. The second-order valence-corrected chi connectivity index (χ2v) is 7.78. The lowest BCUT2D eigenvalue weighted by molar-refractivity contribution is -0.708. The Morgan fingerprint density at radius 1 is 0.692 bits per heavy atom. The molecule has 0 aliphatic rings. The predicted octanol–water partition coefficient (Wildman–Crippen LogP) is 4.40. The van der Waals surface area contributed by atoms with Gasteiger partial charge in [0.25, 0.3) is 0 Å². The number of phosphoric acid groups is 1. The predicted molar refractivity (Wildman–Crippen MR) is 94.2 cm³/mol. The Morgan fingerprint density at radius 2 is 1.19 bits per heavy atom. The summed E-state index contributed by atoms with van der Waals surface area (Å²) in [6, 6.07) is 0. The molecule has 0 bridgehead atoms. The van der Waals surface area contributed by atoms with Gasteiger partial charge in [0.05, 0.1) is 13.2 Å². The molecule has 0 saturated heterocycles. The molecule has 0 aromatic carbocycles. The van der Waals surface area contributed by atoms with Crippen molar-refractivity contribution in [1.29, 1.82) is 0 Å². The highest BCUT2D eigenvalue weighted by Gasteiger charge is 2.12. The van der Waals surface area contributed by atoms with Crippen molar-refractivity contribution in [2.75, 3.05) is 19.8 Å². The number of unbranched alkanes of at least 4 members (excludes halogenated alkanes) is 8. The molecule has 0 radical (unpaired) electrons. The quantitative estimate of drug-likeness (QED) is 0.132. The molecule has 0 heterocycles. The van der Waals surface area contributed by atoms with Crippen LogP contribution in [0.15, 0.2) is 0 Å². The average Bonchev–Trinajstić information content (AvgIpc) is 2.55. The summed E-state index contributed by atoms with van der Waals surface area (Å²) < 4.78 is 14.4. The standard InChI is InChI=1S/C16H35O9P/c1-16(2)12-10-8-6-4-3-5-7-9-11-13-20-23-25-24-21-14-15-22-26(17,18)19/h16H,3-15H2,1-2H3,(H2,17,18,19). The molecule has 0 aromatic rings. The van der Waals surface area contributed by atoms with Gasteiger partial charge in [-0.05, 0) is 27.5 Å². The third-order valence-electron chi connectivity index (χ3n) is 3.59. The minimum absolute atomic E-state index is 0.244. The highest BCUT2D eigenvalue weighted by Crippen LogP contribution is 2.35. The molecule has 9 nitrogen and oxygen atoms in total. The minimum atomic E-state index is -4.49. The Labute approximate surface area is 156 Å². The van der Waals surface area contributed by atoms with Crippen molar-refractivity contribution in [2.45, 2.75) is 78.1 Å². The highest BCUT2D eigenvalue weighted by atomic mass is 31.2. The van der Waals surface area contributed by atoms with E-state index >= 15 is 0 Å². The Balaban J connectivity index is 3.04. The Bertz CT molecular complexity index is 336. The maximum absolute atomic E-state index is 10.3. The van der Waals surface area contributed by atoms with E-state index in [1.165, 1.54) is 51.4 Å². The molecule has 0 spiro atoms. The normalized spacial score (nSPS) is 12.2. The van der Waals surface area contributed by atoms with Gasteiger partial charge in [0.2, 0.25) is 0 Å². The molecule has 0 fully saturated rings. The van der Waals surface area contributed by atoms with E-state index in [-0.39, 0.29) is 13.2 Å². The summed E-state index contributed by atoms with van der Waals surface area (Å²) in [6.07, 6.45) is 12.3. The second-order valence-electron chi connectivity index (χ2n) is 6.54. The van der Waals surface area contributed by atoms with E-state index in [9.17, 15) is 4.57 Å². The molecule has 0 aromatic heterocycles. The maximum atomic E-state index is 10.3. The molecule has 26 heavy (non-hydrogen) atoms. The van der Waals surface area contributed by atoms with Crippen molar-refractivity contribution < 1.29 is 43.8 Å². The smallest absolute Gasteiger partial charge is 0.303 e. The fraction of sp³-hybridized carbons (Fsp3) is 1.00. The second kappa shape index (κ2) is 18.3. The van der Waals surface area contributed by atoms with Crippen LogP contribution in [0.3, 0.4) is 0 Å². The van der Waals surface area contributed by atoms with Crippen molar-refractivity contribution in [2.24, 2.45) is 5.92 Å². The third-order valence-corrected chi connectivity index (χ3v) is 4.11. The molecule has 10 heteroatoms. The number of hydrogen-bond acceptors (Lipinski definition) is 7. The van der Waals surface area contributed by atoms with E-state index < -0.39 is 7.82 Å². The minimum Gasteiger partial charge on any atom is -0.303 e. The van der Waals surface area contributed by atoms with Crippen LogP contribution in [0.25, 0.3) is 0 Å². The van der Waals surface area contributed by atoms with Crippen LogP contribution in [0.5, 0.6) is 0 Å². The van der Waals surface area contributed by atoms with Crippen molar-refractivity contribution in [1.82, 2.24) is 0 Å². The lowest BCUT2D eigenvalue weighted by Gasteiger charge is -2.05. The van der Waals surface area contributed by atoms with Gasteiger partial charge in [0.15, 0.2) is 0 Å². The highest BCUT2D eigenvalue weighted by molar-refractivity contribution is 7.46. The van der Waals surface area contributed by atoms with Crippen molar-refractivity contribution in [3.05, 3.63) is 0 Å². The summed E-state index contributed by atoms with van der Waals surface area (Å²) in [5.74, 6) is 0.820. The first-order valence-corrected chi connectivity index (χ1v) is 10.9. The van der Waals surface area contributed by atoms with Crippen LogP contribution in [0.1, 0.15) is 78.1 Å². The molecular weight excluding hydrogens is 367 g/mol. The van der Waals surface area contributed by atoms with Gasteiger partial charge in [0.1, 0.15) is 6.61 Å². The molecule has 0 aliphatic heterocycles. The molecular formula is C16H35O9P. The number of hydrogen-bond donors (Lipinski definition) is 2. The maximum Gasteiger partial charge on any atom is 0.469 e. The molecule has 0 saturated carbocycles. The van der Waals surface area contributed by atoms with Crippen LogP contribution >= 0.6 is 7.82 Å². The van der Waals surface area contributed by atoms with Crippen molar-refractivity contribution in [3.8, 4) is 0 Å². The first-order valence-electron chi connectivity index (χ1n) is 9.36. The number of rotatable bonds is 20. The van der Waals surface area contributed by atoms with Crippen LogP contribution in [0.4, 0.5) is 0 Å². The Hall–Kier alpha value is -0.0900. The van der Waals surface area contributed by atoms with Crippen molar-refractivity contribution in [3.63, 3.8) is 0 Å². The zero-order chi connectivity index (χ0) is 19.5. The average molecular weight is 402 g/mol. The lowest BCUT2D eigenvalue weighted by atomic mass is 10.0. The lowest BCUT2D eigenvalue weighted by Crippen LogP contribution is -2.05. The van der Waals surface area contributed by atoms with E-state index in [2.05, 4.69) is 38.4 Å². The fourth-order valence-corrected chi connectivity index (χ4v) is 2.57. The van der Waals surface area contributed by atoms with Gasteiger partial charge in [-0.3, -0.25) is 4.52 Å². The monoisotopic (exact) mass is 402 g/mol. The van der Waals surface area contributed by atoms with Crippen LogP contribution in [-0.2, 0) is 34.0 Å². The molecule has 0 aliphatic carbocycles. The van der Waals surface area contributed by atoms with Gasteiger partial charge >= 0.3 is 7.82 Å². The first kappa shape index (κ1) is 25.9. The van der Waals surface area contributed by atoms with Gasteiger partial charge in [-0.25, -0.2) is 14.3 Å². The summed E-state index contributed by atoms with van der Waals surface area (Å²) in [7, 11) is -4.49. The fourth-order valence-electron chi connectivity index (χ4n) is 2.26. The Kier molecular flexibility index (Phi) is 18.2. The van der Waals surface area contributed by atoms with E-state index in [1.807, 2.05) is 0 Å². The van der Waals surface area contributed by atoms with Crippen LogP contribution < -0.4 is 0 Å². The summed E-state index contributed by atoms with van der Waals surface area (Å²) >= 11 is 0. The van der Waals surface area contributed by atoms with Gasteiger partial charge in [-0.2, -0.15) is 0 Å². The van der Waals surface area contributed by atoms with Crippen LogP contribution in [0.2, 0.25) is 0 Å². The van der Waals surface area contributed by atoms with Gasteiger partial charge in [-0.1, -0.05) is 71.6 Å². The van der Waals surface area contributed by atoms with Gasteiger partial charge < -0.3 is 9.79 Å². The molecule has 158 valence electrons. The SMILES string of the molecule is CC(C)CCCCCCCCCCCOOOOOCCOP(=O)(O)O. The van der Waals surface area contributed by atoms with E-state index in [4.69, 9.17) is 14.7 Å². The van der Waals surface area contributed by atoms with Gasteiger partial charge in [-0.15, -0.1) is 0 Å². The van der Waals surface area contributed by atoms with E-state index in [0.717, 1.165) is 18.8 Å². The van der Waals surface area contributed by atoms with Crippen LogP contribution in [0, 0.1) is 5.92 Å². The molecule has 2 N–H and O–H groups in total. The van der Waals surface area contributed by atoms with E-state index in [0.29, 0.717) is 6.61 Å². The molecule has 0 amide bonds. The van der Waals surface area contributed by atoms with Crippen LogP contribution in [-0.4, -0.2) is 29.6 Å². The largest absolute Gasteiger partial charge is 0.469 e. The molecule has 0 atom stereocenters. The van der Waals surface area contributed by atoms with Crippen molar-refractivity contribution >= 4 is 7.82 Å². The first-order chi connectivity index (χ1) is 12.4. The molecule has 0 unspecified atom stereocenters. The Morgan fingerprint density at radius 3 is 1.73 bits per heavy atom. The zero-order valence-electron chi connectivity index (χ0n) is 16.0.